The van der Waals surface area contributed by atoms with Crippen LogP contribution in [0, 0.1) is 0 Å². The van der Waals surface area contributed by atoms with Crippen LogP contribution in [-0.4, -0.2) is 41.4 Å². The fourth-order valence-corrected chi connectivity index (χ4v) is 3.54. The summed E-state index contributed by atoms with van der Waals surface area (Å²) in [6.45, 7) is 2.43. The zero-order valence-electron chi connectivity index (χ0n) is 8.11. The van der Waals surface area contributed by atoms with Gasteiger partial charge in [-0.25, -0.2) is 4.98 Å². The highest BCUT2D eigenvalue weighted by atomic mass is 35.5. The number of halogens is 2. The van der Waals surface area contributed by atoms with Crippen LogP contribution in [0.5, 0.6) is 0 Å². The first kappa shape index (κ1) is 12.4. The number of hydrogen-bond donors (Lipinski definition) is 0. The van der Waals surface area contributed by atoms with Gasteiger partial charge in [0.15, 0.2) is 9.49 Å². The van der Waals surface area contributed by atoms with Crippen molar-refractivity contribution in [3.8, 4) is 0 Å². The third kappa shape index (κ3) is 3.01. The molecule has 2 rings (SSSR count). The van der Waals surface area contributed by atoms with Gasteiger partial charge in [-0.3, -0.25) is 4.79 Å². The van der Waals surface area contributed by atoms with Crippen molar-refractivity contribution in [2.24, 2.45) is 0 Å². The van der Waals surface area contributed by atoms with E-state index in [1.165, 1.54) is 11.3 Å². The van der Waals surface area contributed by atoms with E-state index < -0.39 is 0 Å². The Kier molecular flexibility index (Phi) is 4.32. The second kappa shape index (κ2) is 5.55. The van der Waals surface area contributed by atoms with Gasteiger partial charge in [0.2, 0.25) is 0 Å². The molecule has 0 N–H and O–H groups in total. The number of thiazole rings is 1. The first-order chi connectivity index (χ1) is 7.66. The largest absolute Gasteiger partial charge is 0.378 e. The molecule has 2 heterocycles. The molecule has 1 aliphatic heterocycles. The second-order valence-corrected chi connectivity index (χ2v) is 6.17. The van der Waals surface area contributed by atoms with Crippen LogP contribution in [0.15, 0.2) is 4.34 Å². The molecule has 0 aromatic carbocycles. The van der Waals surface area contributed by atoms with E-state index in [0.717, 1.165) is 11.8 Å². The molecule has 0 bridgehead atoms. The third-order valence-corrected chi connectivity index (χ3v) is 4.70. The number of rotatable bonds is 1. The van der Waals surface area contributed by atoms with E-state index in [-0.39, 0.29) is 10.4 Å². The van der Waals surface area contributed by atoms with Gasteiger partial charge in [0.05, 0.1) is 13.2 Å². The summed E-state index contributed by atoms with van der Waals surface area (Å²) in [5.41, 5.74) is 0. The lowest BCUT2D eigenvalue weighted by molar-refractivity contribution is 0.0593. The van der Waals surface area contributed by atoms with E-state index in [1.54, 1.807) is 4.90 Å². The van der Waals surface area contributed by atoms with Crippen LogP contribution in [-0.2, 0) is 4.74 Å². The molecular weight excluding hydrogens is 291 g/mol. The molecule has 8 heteroatoms. The summed E-state index contributed by atoms with van der Waals surface area (Å²) in [6.07, 6.45) is 0. The van der Waals surface area contributed by atoms with Crippen LogP contribution in [0.25, 0.3) is 0 Å². The summed E-state index contributed by atoms with van der Waals surface area (Å²) >= 11 is 13.7. The van der Waals surface area contributed by atoms with E-state index in [0.29, 0.717) is 35.0 Å². The standard InChI is InChI=1S/C8H8Cl2N2O2S2/c9-5-6(10)15-7(11-5)16-8(13)12-1-3-14-4-2-12/h1-4H2. The number of carbonyl (C=O) groups is 1. The van der Waals surface area contributed by atoms with Gasteiger partial charge in [0.1, 0.15) is 4.34 Å². The summed E-state index contributed by atoms with van der Waals surface area (Å²) in [5, 5.41) is 0.217. The molecule has 4 nitrogen and oxygen atoms in total. The van der Waals surface area contributed by atoms with Crippen molar-refractivity contribution in [1.82, 2.24) is 9.88 Å². The Balaban J connectivity index is 1.95. The predicted molar refractivity (Wildman–Crippen MR) is 65.8 cm³/mol. The van der Waals surface area contributed by atoms with Gasteiger partial charge in [-0.15, -0.1) is 0 Å². The first-order valence-corrected chi connectivity index (χ1v) is 6.92. The maximum absolute atomic E-state index is 11.8. The lowest BCUT2D eigenvalue weighted by Crippen LogP contribution is -2.38. The quantitative estimate of drug-likeness (QED) is 0.748. The van der Waals surface area contributed by atoms with Gasteiger partial charge in [0, 0.05) is 24.9 Å². The van der Waals surface area contributed by atoms with Gasteiger partial charge < -0.3 is 9.64 Å². The Morgan fingerprint density at radius 3 is 2.69 bits per heavy atom. The number of thioether (sulfide) groups is 1. The smallest absolute Gasteiger partial charge is 0.288 e. The molecule has 0 aliphatic carbocycles. The highest BCUT2D eigenvalue weighted by Gasteiger charge is 2.20. The predicted octanol–water partition coefficient (Wildman–Crippen LogP) is 2.99. The number of amides is 1. The topological polar surface area (TPSA) is 42.4 Å². The number of ether oxygens (including phenoxy) is 1. The fraction of sp³-hybridized carbons (Fsp3) is 0.500. The van der Waals surface area contributed by atoms with Crippen molar-refractivity contribution < 1.29 is 9.53 Å². The lowest BCUT2D eigenvalue weighted by atomic mass is 10.5. The van der Waals surface area contributed by atoms with E-state index in [2.05, 4.69) is 4.98 Å². The van der Waals surface area contributed by atoms with Crippen molar-refractivity contribution in [3.05, 3.63) is 9.49 Å². The molecule has 0 saturated carbocycles. The molecule has 1 saturated heterocycles. The van der Waals surface area contributed by atoms with Crippen molar-refractivity contribution in [2.45, 2.75) is 4.34 Å². The van der Waals surface area contributed by atoms with Gasteiger partial charge in [-0.05, 0) is 0 Å². The van der Waals surface area contributed by atoms with Crippen LogP contribution in [0.1, 0.15) is 0 Å². The average Bonchev–Trinajstić information content (AvgIpc) is 2.59. The van der Waals surface area contributed by atoms with Crippen LogP contribution in [0.2, 0.25) is 9.49 Å². The van der Waals surface area contributed by atoms with Crippen molar-refractivity contribution >= 4 is 51.5 Å². The van der Waals surface area contributed by atoms with Crippen LogP contribution >= 0.6 is 46.3 Å². The molecule has 1 amide bonds. The molecule has 0 unspecified atom stereocenters. The molecule has 16 heavy (non-hydrogen) atoms. The Morgan fingerprint density at radius 1 is 1.44 bits per heavy atom. The molecule has 0 radical (unpaired) electrons. The number of nitrogens with zero attached hydrogens (tertiary/aromatic N) is 2. The van der Waals surface area contributed by atoms with E-state index in [9.17, 15) is 4.79 Å². The SMILES string of the molecule is O=C(Sc1nc(Cl)c(Cl)s1)N1CCOCC1. The summed E-state index contributed by atoms with van der Waals surface area (Å²) < 4.78 is 6.16. The van der Waals surface area contributed by atoms with Crippen LogP contribution in [0.4, 0.5) is 4.79 Å². The molecule has 1 aliphatic rings. The minimum absolute atomic E-state index is 0.0367. The van der Waals surface area contributed by atoms with Gasteiger partial charge in [-0.1, -0.05) is 34.5 Å². The van der Waals surface area contributed by atoms with Crippen molar-refractivity contribution in [3.63, 3.8) is 0 Å². The molecular formula is C8H8Cl2N2O2S2. The Bertz CT molecular complexity index is 374. The summed E-state index contributed by atoms with van der Waals surface area (Å²) in [5.74, 6) is 0. The molecule has 0 atom stereocenters. The Morgan fingerprint density at radius 2 is 2.12 bits per heavy atom. The molecule has 0 spiro atoms. The third-order valence-electron chi connectivity index (χ3n) is 1.97. The molecule has 1 aromatic heterocycles. The highest BCUT2D eigenvalue weighted by molar-refractivity contribution is 8.14. The first-order valence-electron chi connectivity index (χ1n) is 4.53. The average molecular weight is 299 g/mol. The maximum atomic E-state index is 11.8. The van der Waals surface area contributed by atoms with E-state index >= 15 is 0 Å². The number of morpholine rings is 1. The fourth-order valence-electron chi connectivity index (χ4n) is 1.19. The highest BCUT2D eigenvalue weighted by Crippen LogP contribution is 2.34. The lowest BCUT2D eigenvalue weighted by Gasteiger charge is -2.25. The Labute approximate surface area is 111 Å². The van der Waals surface area contributed by atoms with Crippen LogP contribution in [0.3, 0.4) is 0 Å². The molecule has 1 fully saturated rings. The van der Waals surface area contributed by atoms with E-state index in [1.807, 2.05) is 0 Å². The van der Waals surface area contributed by atoms with Crippen LogP contribution < -0.4 is 0 Å². The van der Waals surface area contributed by atoms with Gasteiger partial charge in [0.25, 0.3) is 5.24 Å². The number of aromatic nitrogens is 1. The molecule has 1 aromatic rings. The summed E-state index contributed by atoms with van der Waals surface area (Å²) in [7, 11) is 0. The molecule has 88 valence electrons. The van der Waals surface area contributed by atoms with Gasteiger partial charge >= 0.3 is 0 Å². The van der Waals surface area contributed by atoms with E-state index in [4.69, 9.17) is 27.9 Å². The monoisotopic (exact) mass is 298 g/mol. The number of carbonyl (C=O) groups excluding carboxylic acids is 1. The summed E-state index contributed by atoms with van der Waals surface area (Å²) in [4.78, 5) is 17.5. The maximum Gasteiger partial charge on any atom is 0.288 e. The zero-order valence-corrected chi connectivity index (χ0v) is 11.3. The normalized spacial score (nSPS) is 16.5. The second-order valence-electron chi connectivity index (χ2n) is 3.01. The van der Waals surface area contributed by atoms with Gasteiger partial charge in [-0.2, -0.15) is 0 Å². The van der Waals surface area contributed by atoms with Crippen molar-refractivity contribution in [1.29, 1.82) is 0 Å². The number of hydrogen-bond acceptors (Lipinski definition) is 5. The minimum atomic E-state index is -0.0367. The van der Waals surface area contributed by atoms with Crippen molar-refractivity contribution in [2.75, 3.05) is 26.3 Å². The minimum Gasteiger partial charge on any atom is -0.378 e. The zero-order chi connectivity index (χ0) is 11.5. The Hall–Kier alpha value is -0.0100. The summed E-state index contributed by atoms with van der Waals surface area (Å²) in [6, 6.07) is 0.